The molecule has 0 atom stereocenters. The van der Waals surface area contributed by atoms with E-state index in [0.717, 1.165) is 37.5 Å². The number of carbonyl (C=O) groups is 1. The number of halogens is 2. The molecule has 0 unspecified atom stereocenters. The Balaban J connectivity index is 1.82. The molecule has 0 saturated carbocycles. The maximum absolute atomic E-state index is 13.8. The molecule has 0 radical (unpaired) electrons. The maximum atomic E-state index is 13.8. The van der Waals surface area contributed by atoms with E-state index in [1.807, 2.05) is 0 Å². The van der Waals surface area contributed by atoms with E-state index in [2.05, 4.69) is 5.32 Å². The molecule has 3 rings (SSSR count). The molecule has 1 aliphatic rings. The van der Waals surface area contributed by atoms with Crippen LogP contribution in [0.25, 0.3) is 6.08 Å². The number of carbonyl (C=O) groups excluding carboxylic acids is 1. The summed E-state index contributed by atoms with van der Waals surface area (Å²) in [4.78, 5) is 12.5. The van der Waals surface area contributed by atoms with E-state index in [-0.39, 0.29) is 16.1 Å². The minimum atomic E-state index is -3.69. The lowest BCUT2D eigenvalue weighted by atomic mass is 10.1. The monoisotopic (exact) mass is 431 g/mol. The molecule has 2 aromatic carbocycles. The number of nitrogens with one attached hydrogen (secondary N) is 1. The molecule has 0 aromatic heterocycles. The van der Waals surface area contributed by atoms with Gasteiger partial charge >= 0.3 is 0 Å². The first-order valence-electron chi connectivity index (χ1n) is 9.29. The molecule has 30 heavy (non-hydrogen) atoms. The highest BCUT2D eigenvalue weighted by atomic mass is 32.2. The van der Waals surface area contributed by atoms with Crippen LogP contribution in [-0.4, -0.2) is 31.7 Å². The molecule has 1 N–H and O–H groups in total. The number of benzene rings is 2. The van der Waals surface area contributed by atoms with Crippen molar-refractivity contribution in [1.82, 2.24) is 4.31 Å². The van der Waals surface area contributed by atoms with Crippen LogP contribution in [-0.2, 0) is 14.8 Å². The molecular weight excluding hydrogens is 412 g/mol. The normalized spacial score (nSPS) is 15.4. The number of anilines is 1. The largest absolute Gasteiger partial charge is 0.321 e. The summed E-state index contributed by atoms with van der Waals surface area (Å²) in [5, 5.41) is 11.7. The fourth-order valence-corrected chi connectivity index (χ4v) is 4.67. The summed E-state index contributed by atoms with van der Waals surface area (Å²) >= 11 is 0. The molecule has 156 valence electrons. The smallest absolute Gasteiger partial charge is 0.266 e. The first-order valence-corrected chi connectivity index (χ1v) is 10.7. The highest BCUT2D eigenvalue weighted by Gasteiger charge is 2.26. The summed E-state index contributed by atoms with van der Waals surface area (Å²) in [6, 6.07) is 10.2. The lowest BCUT2D eigenvalue weighted by Crippen LogP contribution is -2.35. The van der Waals surface area contributed by atoms with Gasteiger partial charge < -0.3 is 5.32 Å². The second kappa shape index (κ2) is 9.15. The second-order valence-corrected chi connectivity index (χ2v) is 8.72. The molecule has 0 bridgehead atoms. The molecule has 1 amide bonds. The van der Waals surface area contributed by atoms with Gasteiger partial charge in [0.1, 0.15) is 23.3 Å². The molecule has 1 fully saturated rings. The number of nitrogens with zero attached hydrogens (tertiary/aromatic N) is 2. The van der Waals surface area contributed by atoms with E-state index >= 15 is 0 Å². The van der Waals surface area contributed by atoms with Crippen LogP contribution in [0.5, 0.6) is 0 Å². The minimum Gasteiger partial charge on any atom is -0.321 e. The van der Waals surface area contributed by atoms with Crippen molar-refractivity contribution in [2.45, 2.75) is 24.2 Å². The van der Waals surface area contributed by atoms with Crippen molar-refractivity contribution < 1.29 is 22.0 Å². The van der Waals surface area contributed by atoms with Crippen molar-refractivity contribution in [2.75, 3.05) is 18.4 Å². The van der Waals surface area contributed by atoms with Crippen LogP contribution in [0.1, 0.15) is 24.8 Å². The maximum Gasteiger partial charge on any atom is 0.266 e. The van der Waals surface area contributed by atoms with Crippen molar-refractivity contribution in [1.29, 1.82) is 5.26 Å². The summed E-state index contributed by atoms with van der Waals surface area (Å²) in [6.45, 7) is 0.896. The van der Waals surface area contributed by atoms with E-state index in [1.165, 1.54) is 28.6 Å². The van der Waals surface area contributed by atoms with E-state index in [9.17, 15) is 27.3 Å². The Morgan fingerprint density at radius 1 is 1.10 bits per heavy atom. The van der Waals surface area contributed by atoms with Gasteiger partial charge in [-0.3, -0.25) is 4.79 Å². The number of hydrogen-bond donors (Lipinski definition) is 1. The highest BCUT2D eigenvalue weighted by Crippen LogP contribution is 2.23. The molecule has 1 heterocycles. The van der Waals surface area contributed by atoms with Gasteiger partial charge in [0.2, 0.25) is 10.0 Å². The van der Waals surface area contributed by atoms with Gasteiger partial charge in [-0.15, -0.1) is 0 Å². The number of nitriles is 1. The van der Waals surface area contributed by atoms with Crippen molar-refractivity contribution in [2.24, 2.45) is 0 Å². The van der Waals surface area contributed by atoms with Crippen molar-refractivity contribution in [3.63, 3.8) is 0 Å². The first kappa shape index (κ1) is 21.6. The van der Waals surface area contributed by atoms with Gasteiger partial charge in [-0.05, 0) is 49.2 Å². The van der Waals surface area contributed by atoms with Crippen LogP contribution < -0.4 is 5.32 Å². The van der Waals surface area contributed by atoms with Gasteiger partial charge in [-0.1, -0.05) is 12.5 Å². The average Bonchev–Trinajstić information content (AvgIpc) is 2.74. The van der Waals surface area contributed by atoms with Crippen LogP contribution in [0.15, 0.2) is 52.9 Å². The van der Waals surface area contributed by atoms with Gasteiger partial charge in [0.25, 0.3) is 5.91 Å². The summed E-state index contributed by atoms with van der Waals surface area (Å²) in [6.07, 6.45) is 3.58. The second-order valence-electron chi connectivity index (χ2n) is 6.78. The standard InChI is InChI=1S/C21H19F2N3O3S/c22-17-8-7-15(20(23)12-17)11-16(14-24)21(27)25-18-5-4-6-19(13-18)30(28,29)26-9-2-1-3-10-26/h4-8,11-13H,1-3,9-10H2,(H,25,27)/b16-11+. The summed E-state index contributed by atoms with van der Waals surface area (Å²) in [5.74, 6) is -2.53. The van der Waals surface area contributed by atoms with E-state index in [4.69, 9.17) is 0 Å². The number of sulfonamides is 1. The highest BCUT2D eigenvalue weighted by molar-refractivity contribution is 7.89. The van der Waals surface area contributed by atoms with Crippen molar-refractivity contribution in [3.05, 3.63) is 65.2 Å². The van der Waals surface area contributed by atoms with E-state index < -0.39 is 33.1 Å². The number of piperidine rings is 1. The van der Waals surface area contributed by atoms with E-state index in [1.54, 1.807) is 6.07 Å². The lowest BCUT2D eigenvalue weighted by molar-refractivity contribution is -0.112. The Hall–Kier alpha value is -3.09. The zero-order chi connectivity index (χ0) is 21.7. The average molecular weight is 431 g/mol. The number of hydrogen-bond acceptors (Lipinski definition) is 4. The molecular formula is C21H19F2N3O3S. The third-order valence-corrected chi connectivity index (χ3v) is 6.57. The summed E-state index contributed by atoms with van der Waals surface area (Å²) in [7, 11) is -3.69. The Morgan fingerprint density at radius 3 is 2.50 bits per heavy atom. The predicted octanol–water partition coefficient (Wildman–Crippen LogP) is 3.69. The van der Waals surface area contributed by atoms with Crippen LogP contribution in [0.2, 0.25) is 0 Å². The molecule has 0 spiro atoms. The number of amides is 1. The zero-order valence-electron chi connectivity index (χ0n) is 15.9. The van der Waals surface area contributed by atoms with Gasteiger partial charge in [0, 0.05) is 30.4 Å². The summed E-state index contributed by atoms with van der Waals surface area (Å²) in [5.41, 5.74) is -0.354. The Labute approximate surface area is 173 Å². The summed E-state index contributed by atoms with van der Waals surface area (Å²) < 4.78 is 53.8. The Kier molecular flexibility index (Phi) is 6.59. The van der Waals surface area contributed by atoms with E-state index in [0.29, 0.717) is 19.2 Å². The van der Waals surface area contributed by atoms with Crippen LogP contribution in [0.4, 0.5) is 14.5 Å². The topological polar surface area (TPSA) is 90.3 Å². The van der Waals surface area contributed by atoms with Gasteiger partial charge in [0.15, 0.2) is 0 Å². The third kappa shape index (κ3) is 4.90. The fourth-order valence-electron chi connectivity index (χ4n) is 3.11. The SMILES string of the molecule is N#C/C(=C\c1ccc(F)cc1F)C(=O)Nc1cccc(S(=O)(=O)N2CCCCC2)c1. The Bertz CT molecular complexity index is 1130. The molecule has 2 aromatic rings. The molecule has 0 aliphatic carbocycles. The van der Waals surface area contributed by atoms with Crippen LogP contribution >= 0.6 is 0 Å². The van der Waals surface area contributed by atoms with Crippen molar-refractivity contribution >= 4 is 27.7 Å². The fraction of sp³-hybridized carbons (Fsp3) is 0.238. The lowest BCUT2D eigenvalue weighted by Gasteiger charge is -2.26. The quantitative estimate of drug-likeness (QED) is 0.578. The Morgan fingerprint density at radius 2 is 1.83 bits per heavy atom. The van der Waals surface area contributed by atoms with Crippen LogP contribution in [0, 0.1) is 23.0 Å². The van der Waals surface area contributed by atoms with Gasteiger partial charge in [0.05, 0.1) is 4.90 Å². The van der Waals surface area contributed by atoms with Crippen molar-refractivity contribution in [3.8, 4) is 6.07 Å². The predicted molar refractivity (Wildman–Crippen MR) is 108 cm³/mol. The molecule has 1 aliphatic heterocycles. The third-order valence-electron chi connectivity index (χ3n) is 4.67. The number of rotatable bonds is 5. The van der Waals surface area contributed by atoms with Gasteiger partial charge in [-0.25, -0.2) is 17.2 Å². The molecule has 9 heteroatoms. The first-order chi connectivity index (χ1) is 14.3. The van der Waals surface area contributed by atoms with Crippen LogP contribution in [0.3, 0.4) is 0 Å². The molecule has 6 nitrogen and oxygen atoms in total. The zero-order valence-corrected chi connectivity index (χ0v) is 16.8. The molecule has 1 saturated heterocycles. The minimum absolute atomic E-state index is 0.0364. The van der Waals surface area contributed by atoms with Gasteiger partial charge in [-0.2, -0.15) is 9.57 Å².